The number of nitriles is 1. The van der Waals surface area contributed by atoms with Gasteiger partial charge in [0.25, 0.3) is 0 Å². The molecule has 0 heterocycles. The Balaban J connectivity index is 4.33. The van der Waals surface area contributed by atoms with Crippen LogP contribution < -0.4 is 5.73 Å². The van der Waals surface area contributed by atoms with Crippen molar-refractivity contribution >= 4 is 5.91 Å². The van der Waals surface area contributed by atoms with Gasteiger partial charge in [0.05, 0.1) is 18.2 Å². The molecule has 0 aromatic carbocycles. The molecule has 0 aromatic rings. The van der Waals surface area contributed by atoms with Crippen LogP contribution in [0.3, 0.4) is 0 Å². The normalized spacial score (nSPS) is 15.2. The Hall–Kier alpha value is -1.08. The van der Waals surface area contributed by atoms with E-state index in [1.807, 2.05) is 6.92 Å². The highest BCUT2D eigenvalue weighted by atomic mass is 16.1. The van der Waals surface area contributed by atoms with Crippen LogP contribution in [0.15, 0.2) is 0 Å². The molecule has 0 aromatic heterocycles. The zero-order valence-electron chi connectivity index (χ0n) is 7.74. The van der Waals surface area contributed by atoms with E-state index in [1.54, 1.807) is 18.9 Å². The van der Waals surface area contributed by atoms with E-state index < -0.39 is 0 Å². The third-order valence-electron chi connectivity index (χ3n) is 2.00. The molecule has 0 aliphatic rings. The lowest BCUT2D eigenvalue weighted by molar-refractivity contribution is -0.123. The smallest absolute Gasteiger partial charge is 0.234 e. The number of nitrogens with zero attached hydrogens (tertiary/aromatic N) is 2. The maximum absolute atomic E-state index is 10.9. The van der Waals surface area contributed by atoms with E-state index in [2.05, 4.69) is 6.07 Å². The molecule has 0 saturated carbocycles. The molecule has 0 bridgehead atoms. The van der Waals surface area contributed by atoms with Crippen molar-refractivity contribution in [2.24, 2.45) is 5.73 Å². The van der Waals surface area contributed by atoms with Gasteiger partial charge in [-0.3, -0.25) is 9.69 Å². The van der Waals surface area contributed by atoms with Gasteiger partial charge in [-0.05, 0) is 20.4 Å². The third-order valence-corrected chi connectivity index (χ3v) is 2.00. The van der Waals surface area contributed by atoms with Crippen molar-refractivity contribution in [3.63, 3.8) is 0 Å². The van der Waals surface area contributed by atoms with Crippen LogP contribution in [0, 0.1) is 11.3 Å². The molecule has 4 heteroatoms. The summed E-state index contributed by atoms with van der Waals surface area (Å²) >= 11 is 0. The summed E-state index contributed by atoms with van der Waals surface area (Å²) in [6, 6.07) is 1.44. The molecule has 1 amide bonds. The topological polar surface area (TPSA) is 70.1 Å². The number of hydrogen-bond acceptors (Lipinski definition) is 3. The number of amides is 1. The van der Waals surface area contributed by atoms with Crippen LogP contribution in [0.2, 0.25) is 0 Å². The van der Waals surface area contributed by atoms with E-state index >= 15 is 0 Å². The third kappa shape index (κ3) is 2.51. The van der Waals surface area contributed by atoms with Crippen molar-refractivity contribution in [3.05, 3.63) is 0 Å². The average Bonchev–Trinajstić information content (AvgIpc) is 2.03. The maximum atomic E-state index is 10.9. The maximum Gasteiger partial charge on any atom is 0.234 e. The van der Waals surface area contributed by atoms with Gasteiger partial charge in [0, 0.05) is 0 Å². The largest absolute Gasteiger partial charge is 0.368 e. The minimum atomic E-state index is -0.373. The summed E-state index contributed by atoms with van der Waals surface area (Å²) in [4.78, 5) is 12.5. The summed E-state index contributed by atoms with van der Waals surface area (Å²) in [5.41, 5.74) is 5.15. The Bertz CT molecular complexity index is 197. The van der Waals surface area contributed by atoms with Gasteiger partial charge in [0.15, 0.2) is 0 Å². The molecule has 0 saturated heterocycles. The van der Waals surface area contributed by atoms with E-state index in [0.29, 0.717) is 6.42 Å². The number of carbonyl (C=O) groups is 1. The van der Waals surface area contributed by atoms with Gasteiger partial charge in [-0.25, -0.2) is 0 Å². The lowest BCUT2D eigenvalue weighted by Crippen LogP contribution is -2.45. The fraction of sp³-hybridized carbons (Fsp3) is 0.750. The van der Waals surface area contributed by atoms with E-state index in [4.69, 9.17) is 11.0 Å². The molecule has 2 N–H and O–H groups in total. The second kappa shape index (κ2) is 4.73. The summed E-state index contributed by atoms with van der Waals surface area (Å²) in [6.45, 7) is 3.61. The molecule has 2 atom stereocenters. The highest BCUT2D eigenvalue weighted by Gasteiger charge is 2.22. The second-order valence-corrected chi connectivity index (χ2v) is 2.80. The van der Waals surface area contributed by atoms with E-state index in [9.17, 15) is 4.79 Å². The minimum Gasteiger partial charge on any atom is -0.368 e. The van der Waals surface area contributed by atoms with Crippen molar-refractivity contribution in [3.8, 4) is 6.07 Å². The van der Waals surface area contributed by atoms with Crippen LogP contribution in [0.4, 0.5) is 0 Å². The first kappa shape index (κ1) is 10.9. The van der Waals surface area contributed by atoms with Gasteiger partial charge in [-0.2, -0.15) is 5.26 Å². The Morgan fingerprint density at radius 3 is 2.50 bits per heavy atom. The SMILES string of the molecule is CCC(C(N)=O)N(C)C(C)C#N. The fourth-order valence-corrected chi connectivity index (χ4v) is 1.05. The van der Waals surface area contributed by atoms with E-state index in [0.717, 1.165) is 0 Å². The van der Waals surface area contributed by atoms with Gasteiger partial charge >= 0.3 is 0 Å². The fourth-order valence-electron chi connectivity index (χ4n) is 1.05. The Morgan fingerprint density at radius 1 is 1.75 bits per heavy atom. The molecule has 68 valence electrons. The number of carbonyl (C=O) groups excluding carboxylic acids is 1. The van der Waals surface area contributed by atoms with Gasteiger partial charge < -0.3 is 5.73 Å². The van der Waals surface area contributed by atoms with Gasteiger partial charge in [0.2, 0.25) is 5.91 Å². The summed E-state index contributed by atoms with van der Waals surface area (Å²) in [5, 5.41) is 8.59. The van der Waals surface area contributed by atoms with Gasteiger partial charge in [0.1, 0.15) is 0 Å². The van der Waals surface area contributed by atoms with Crippen molar-refractivity contribution in [1.29, 1.82) is 5.26 Å². The number of rotatable bonds is 4. The highest BCUT2D eigenvalue weighted by Crippen LogP contribution is 2.04. The molecule has 2 unspecified atom stereocenters. The molecule has 0 radical (unpaired) electrons. The van der Waals surface area contributed by atoms with Crippen LogP contribution in [0.5, 0.6) is 0 Å². The van der Waals surface area contributed by atoms with E-state index in [1.165, 1.54) is 0 Å². The van der Waals surface area contributed by atoms with E-state index in [-0.39, 0.29) is 18.0 Å². The van der Waals surface area contributed by atoms with Crippen molar-refractivity contribution < 1.29 is 4.79 Å². The minimum absolute atomic E-state index is 0.276. The quantitative estimate of drug-likeness (QED) is 0.648. The van der Waals surface area contributed by atoms with Crippen LogP contribution in [0.25, 0.3) is 0 Å². The van der Waals surface area contributed by atoms with Crippen molar-refractivity contribution in [2.75, 3.05) is 7.05 Å². The summed E-state index contributed by atoms with van der Waals surface area (Å²) in [7, 11) is 1.73. The molecule has 0 spiro atoms. The van der Waals surface area contributed by atoms with Crippen LogP contribution in [-0.2, 0) is 4.79 Å². The molecule has 4 nitrogen and oxygen atoms in total. The van der Waals surface area contributed by atoms with Crippen molar-refractivity contribution in [1.82, 2.24) is 4.90 Å². The molecule has 0 fully saturated rings. The monoisotopic (exact) mass is 169 g/mol. The Labute approximate surface area is 72.9 Å². The number of hydrogen-bond donors (Lipinski definition) is 1. The number of primary amides is 1. The Morgan fingerprint density at radius 2 is 2.25 bits per heavy atom. The van der Waals surface area contributed by atoms with Gasteiger partial charge in [-0.1, -0.05) is 6.92 Å². The van der Waals surface area contributed by atoms with Crippen molar-refractivity contribution in [2.45, 2.75) is 32.4 Å². The molecule has 0 rings (SSSR count). The molecule has 12 heavy (non-hydrogen) atoms. The zero-order valence-corrected chi connectivity index (χ0v) is 7.74. The van der Waals surface area contributed by atoms with Gasteiger partial charge in [-0.15, -0.1) is 0 Å². The second-order valence-electron chi connectivity index (χ2n) is 2.80. The molecular weight excluding hydrogens is 154 g/mol. The first-order valence-electron chi connectivity index (χ1n) is 3.95. The lowest BCUT2D eigenvalue weighted by Gasteiger charge is -2.25. The molecule has 0 aliphatic heterocycles. The average molecular weight is 169 g/mol. The summed E-state index contributed by atoms with van der Waals surface area (Å²) in [5.74, 6) is -0.373. The number of likely N-dealkylation sites (N-methyl/N-ethyl adjacent to an activating group) is 1. The molecular formula is C8H15N3O. The van der Waals surface area contributed by atoms with Crippen LogP contribution in [-0.4, -0.2) is 29.9 Å². The zero-order chi connectivity index (χ0) is 9.72. The number of nitrogens with two attached hydrogens (primary N) is 1. The predicted molar refractivity (Wildman–Crippen MR) is 46.1 cm³/mol. The summed E-state index contributed by atoms with van der Waals surface area (Å²) in [6.07, 6.45) is 0.637. The molecule has 0 aliphatic carbocycles. The van der Waals surface area contributed by atoms with Crippen LogP contribution >= 0.6 is 0 Å². The first-order chi connectivity index (χ1) is 5.54. The highest BCUT2D eigenvalue weighted by molar-refractivity contribution is 5.79. The standard InChI is InChI=1S/C8H15N3O/c1-4-7(8(10)12)11(3)6(2)5-9/h6-7H,4H2,1-3H3,(H2,10,12). The first-order valence-corrected chi connectivity index (χ1v) is 3.95. The van der Waals surface area contributed by atoms with Crippen LogP contribution in [0.1, 0.15) is 20.3 Å². The predicted octanol–water partition coefficient (Wildman–Crippen LogP) is 0.0942. The summed E-state index contributed by atoms with van der Waals surface area (Å²) < 4.78 is 0. The Kier molecular flexibility index (Phi) is 4.30. The lowest BCUT2D eigenvalue weighted by atomic mass is 10.1.